The van der Waals surface area contributed by atoms with Gasteiger partial charge in [-0.15, -0.1) is 0 Å². The van der Waals surface area contributed by atoms with Crippen molar-refractivity contribution in [2.75, 3.05) is 26.4 Å². The smallest absolute Gasteiger partial charge is 0.0991 e. The third kappa shape index (κ3) is 12.4. The highest BCUT2D eigenvalue weighted by Crippen LogP contribution is 2.18. The van der Waals surface area contributed by atoms with Crippen LogP contribution in [0, 0.1) is 17.3 Å². The molecule has 1 unspecified atom stereocenters. The molecular weight excluding hydrogens is 278 g/mol. The first-order valence-corrected chi connectivity index (χ1v) is 8.50. The Balaban J connectivity index is 0. The Labute approximate surface area is 138 Å². The van der Waals surface area contributed by atoms with E-state index in [1.54, 1.807) is 0 Å². The zero-order chi connectivity index (χ0) is 17.8. The molecule has 0 aromatic heterocycles. The SMILES string of the molecule is CCCN(CC[C@@H](C)C(C)C)COCC(N)C(C)(C)C.NO. The van der Waals surface area contributed by atoms with Crippen LogP contribution in [0.1, 0.15) is 61.3 Å². The van der Waals surface area contributed by atoms with Gasteiger partial charge in [0, 0.05) is 19.1 Å². The van der Waals surface area contributed by atoms with E-state index >= 15 is 0 Å². The molecule has 0 aromatic carbocycles. The molecule has 5 nitrogen and oxygen atoms in total. The summed E-state index contributed by atoms with van der Waals surface area (Å²) in [7, 11) is 0. The largest absolute Gasteiger partial charge is 0.364 e. The summed E-state index contributed by atoms with van der Waals surface area (Å²) >= 11 is 0. The molecule has 136 valence electrons. The molecule has 0 spiro atoms. The van der Waals surface area contributed by atoms with Crippen molar-refractivity contribution in [1.29, 1.82) is 0 Å². The Bertz CT molecular complexity index is 243. The molecule has 0 fully saturated rings. The number of rotatable bonds is 10. The monoisotopic (exact) mass is 319 g/mol. The quantitative estimate of drug-likeness (QED) is 0.426. The molecule has 5 heteroatoms. The van der Waals surface area contributed by atoms with Crippen molar-refractivity contribution in [3.63, 3.8) is 0 Å². The Morgan fingerprint density at radius 2 is 1.64 bits per heavy atom. The van der Waals surface area contributed by atoms with Gasteiger partial charge in [-0.05, 0) is 30.1 Å². The van der Waals surface area contributed by atoms with Crippen LogP contribution in [0.3, 0.4) is 0 Å². The Morgan fingerprint density at radius 3 is 2.05 bits per heavy atom. The third-order valence-corrected chi connectivity index (χ3v) is 4.26. The van der Waals surface area contributed by atoms with Gasteiger partial charge in [0.1, 0.15) is 0 Å². The Hall–Kier alpha value is -0.200. The van der Waals surface area contributed by atoms with Crippen LogP contribution >= 0.6 is 0 Å². The van der Waals surface area contributed by atoms with E-state index in [-0.39, 0.29) is 11.5 Å². The minimum Gasteiger partial charge on any atom is -0.364 e. The molecule has 0 bridgehead atoms. The van der Waals surface area contributed by atoms with Crippen LogP contribution in [0.25, 0.3) is 0 Å². The van der Waals surface area contributed by atoms with Crippen molar-refractivity contribution < 1.29 is 9.94 Å². The van der Waals surface area contributed by atoms with Gasteiger partial charge in [0.2, 0.25) is 0 Å². The summed E-state index contributed by atoms with van der Waals surface area (Å²) in [6.07, 6.45) is 2.41. The van der Waals surface area contributed by atoms with Gasteiger partial charge in [-0.25, -0.2) is 5.90 Å². The normalized spacial score (nSPS) is 14.7. The molecule has 2 atom stereocenters. The van der Waals surface area contributed by atoms with Crippen LogP contribution in [0.15, 0.2) is 0 Å². The number of nitrogens with zero attached hydrogens (tertiary/aromatic N) is 1. The van der Waals surface area contributed by atoms with Crippen molar-refractivity contribution in [2.24, 2.45) is 28.9 Å². The third-order valence-electron chi connectivity index (χ3n) is 4.26. The molecule has 0 aliphatic carbocycles. The van der Waals surface area contributed by atoms with Crippen molar-refractivity contribution >= 4 is 0 Å². The summed E-state index contributed by atoms with van der Waals surface area (Å²) in [6, 6.07) is 0.0977. The average molecular weight is 320 g/mol. The first kappa shape index (κ1) is 24.1. The molecule has 22 heavy (non-hydrogen) atoms. The van der Waals surface area contributed by atoms with Crippen molar-refractivity contribution in [2.45, 2.75) is 67.3 Å². The van der Waals surface area contributed by atoms with E-state index in [2.05, 4.69) is 59.3 Å². The summed E-state index contributed by atoms with van der Waals surface area (Å²) in [5, 5.41) is 6.50. The van der Waals surface area contributed by atoms with E-state index in [9.17, 15) is 0 Å². The molecule has 0 radical (unpaired) electrons. The van der Waals surface area contributed by atoms with Crippen LogP contribution in [0.2, 0.25) is 0 Å². The first-order valence-electron chi connectivity index (χ1n) is 8.50. The minimum absolute atomic E-state index is 0.0977. The Kier molecular flexibility index (Phi) is 14.5. The van der Waals surface area contributed by atoms with Gasteiger partial charge in [-0.1, -0.05) is 48.5 Å². The van der Waals surface area contributed by atoms with Crippen molar-refractivity contribution in [3.8, 4) is 0 Å². The lowest BCUT2D eigenvalue weighted by molar-refractivity contribution is 0.00644. The maximum atomic E-state index is 6.50. The van der Waals surface area contributed by atoms with Gasteiger partial charge < -0.3 is 15.7 Å². The van der Waals surface area contributed by atoms with E-state index in [1.165, 1.54) is 12.8 Å². The van der Waals surface area contributed by atoms with E-state index in [4.69, 9.17) is 15.7 Å². The van der Waals surface area contributed by atoms with Crippen LogP contribution in [0.4, 0.5) is 0 Å². The second-order valence-electron chi connectivity index (χ2n) is 7.60. The van der Waals surface area contributed by atoms with E-state index in [1.807, 2.05) is 0 Å². The van der Waals surface area contributed by atoms with Gasteiger partial charge in [-0.2, -0.15) is 0 Å². The average Bonchev–Trinajstić information content (AvgIpc) is 2.45. The van der Waals surface area contributed by atoms with Crippen LogP contribution in [-0.2, 0) is 4.74 Å². The first-order chi connectivity index (χ1) is 10.2. The van der Waals surface area contributed by atoms with E-state index in [0.29, 0.717) is 13.3 Å². The molecule has 0 aromatic rings. The molecule has 0 rings (SSSR count). The van der Waals surface area contributed by atoms with Gasteiger partial charge in [0.15, 0.2) is 0 Å². The van der Waals surface area contributed by atoms with Crippen LogP contribution < -0.4 is 11.6 Å². The maximum absolute atomic E-state index is 6.50. The number of hydrogen-bond acceptors (Lipinski definition) is 5. The molecule has 0 saturated carbocycles. The fraction of sp³-hybridized carbons (Fsp3) is 1.00. The second-order valence-corrected chi connectivity index (χ2v) is 7.60. The van der Waals surface area contributed by atoms with Gasteiger partial charge in [-0.3, -0.25) is 4.90 Å². The van der Waals surface area contributed by atoms with Crippen molar-refractivity contribution in [1.82, 2.24) is 4.90 Å². The number of ether oxygens (including phenoxy) is 1. The lowest BCUT2D eigenvalue weighted by Gasteiger charge is -2.29. The molecule has 0 saturated heterocycles. The summed E-state index contributed by atoms with van der Waals surface area (Å²) in [5.41, 5.74) is 6.24. The van der Waals surface area contributed by atoms with E-state index in [0.717, 1.165) is 24.9 Å². The summed E-state index contributed by atoms with van der Waals surface area (Å²) in [4.78, 5) is 2.41. The maximum Gasteiger partial charge on any atom is 0.0991 e. The molecule has 0 heterocycles. The molecule has 0 aliphatic rings. The number of hydrogen-bond donors (Lipinski definition) is 3. The Morgan fingerprint density at radius 1 is 1.09 bits per heavy atom. The van der Waals surface area contributed by atoms with Crippen LogP contribution in [-0.4, -0.2) is 42.6 Å². The lowest BCUT2D eigenvalue weighted by atomic mass is 9.88. The van der Waals surface area contributed by atoms with Gasteiger partial charge >= 0.3 is 0 Å². The fourth-order valence-electron chi connectivity index (χ4n) is 1.84. The summed E-state index contributed by atoms with van der Waals surface area (Å²) < 4.78 is 5.83. The molecule has 0 amide bonds. The second kappa shape index (κ2) is 13.3. The minimum atomic E-state index is 0.0977. The molecule has 5 N–H and O–H groups in total. The zero-order valence-corrected chi connectivity index (χ0v) is 15.9. The van der Waals surface area contributed by atoms with Crippen molar-refractivity contribution in [3.05, 3.63) is 0 Å². The highest BCUT2D eigenvalue weighted by atomic mass is 16.5. The van der Waals surface area contributed by atoms with E-state index < -0.39 is 0 Å². The van der Waals surface area contributed by atoms with Gasteiger partial charge in [0.25, 0.3) is 0 Å². The molecular formula is C17H41N3O2. The predicted molar refractivity (Wildman–Crippen MR) is 94.7 cm³/mol. The molecule has 0 aliphatic heterocycles. The zero-order valence-electron chi connectivity index (χ0n) is 15.9. The standard InChI is InChI=1S/C17H38N2O.H3NO/c1-8-10-19(11-9-15(4)14(2)3)13-20-12-16(18)17(5,6)7;1-2/h14-16H,8-13,18H2,1-7H3;2H,1H2/t15-,16?;/m1./s1. The highest BCUT2D eigenvalue weighted by Gasteiger charge is 2.20. The van der Waals surface area contributed by atoms with Gasteiger partial charge in [0.05, 0.1) is 13.3 Å². The topological polar surface area (TPSA) is 84.7 Å². The summed E-state index contributed by atoms with van der Waals surface area (Å²) in [5.74, 6) is 5.03. The fourth-order valence-corrected chi connectivity index (χ4v) is 1.84. The lowest BCUT2D eigenvalue weighted by Crippen LogP contribution is -2.40. The highest BCUT2D eigenvalue weighted by molar-refractivity contribution is 4.76. The number of nitrogens with two attached hydrogens (primary N) is 2. The predicted octanol–water partition coefficient (Wildman–Crippen LogP) is 3.06. The van der Waals surface area contributed by atoms with Crippen LogP contribution in [0.5, 0.6) is 0 Å². The summed E-state index contributed by atoms with van der Waals surface area (Å²) in [6.45, 7) is 19.2.